The number of carbonyl (C=O) groups is 1. The number of carbonyl (C=O) groups excluding carboxylic acids is 1. The van der Waals surface area contributed by atoms with E-state index in [0.29, 0.717) is 18.7 Å². The number of nitro groups is 1. The lowest BCUT2D eigenvalue weighted by Crippen LogP contribution is -2.51. The molecule has 0 saturated carbocycles. The molecule has 1 aliphatic rings. The molecule has 0 bridgehead atoms. The molecule has 0 unspecified atom stereocenters. The van der Waals surface area contributed by atoms with Crippen LogP contribution in [-0.4, -0.2) is 72.4 Å². The van der Waals surface area contributed by atoms with Gasteiger partial charge in [-0.15, -0.1) is 0 Å². The van der Waals surface area contributed by atoms with Crippen LogP contribution in [0.1, 0.15) is 63.7 Å². The number of hydrogen-bond donors (Lipinski definition) is 0. The van der Waals surface area contributed by atoms with Gasteiger partial charge in [-0.05, 0) is 55.9 Å². The molecule has 216 valence electrons. The van der Waals surface area contributed by atoms with Gasteiger partial charge < -0.3 is 24.5 Å². The van der Waals surface area contributed by atoms with Crippen LogP contribution in [0.25, 0.3) is 0 Å². The van der Waals surface area contributed by atoms with Crippen LogP contribution in [0.4, 0.5) is 5.95 Å². The summed E-state index contributed by atoms with van der Waals surface area (Å²) in [7, 11) is -4.22. The zero-order chi connectivity index (χ0) is 28.7. The predicted molar refractivity (Wildman–Crippen MR) is 143 cm³/mol. The third-order valence-corrected chi connectivity index (χ3v) is 7.85. The highest BCUT2D eigenvalue weighted by molar-refractivity contribution is 7.86. The summed E-state index contributed by atoms with van der Waals surface area (Å²) in [4.78, 5) is 29.2. The van der Waals surface area contributed by atoms with Gasteiger partial charge in [0.2, 0.25) is 0 Å². The topological polar surface area (TPSA) is 143 Å². The molecule has 13 heteroatoms. The molecule has 0 aliphatic carbocycles. The molecule has 1 fully saturated rings. The summed E-state index contributed by atoms with van der Waals surface area (Å²) in [6.45, 7) is 8.62. The zero-order valence-electron chi connectivity index (χ0n) is 23.0. The number of hydrogen-bond acceptors (Lipinski definition) is 9. The summed E-state index contributed by atoms with van der Waals surface area (Å²) in [6.07, 6.45) is 6.45. The van der Waals surface area contributed by atoms with Crippen molar-refractivity contribution < 1.29 is 31.8 Å². The van der Waals surface area contributed by atoms with Gasteiger partial charge >= 0.3 is 5.95 Å². The fraction of sp³-hybridized carbons (Fsp3) is 0.615. The highest BCUT2D eigenvalue weighted by Crippen LogP contribution is 2.34. The van der Waals surface area contributed by atoms with Gasteiger partial charge in [-0.2, -0.15) is 8.42 Å². The van der Waals surface area contributed by atoms with Crippen molar-refractivity contribution in [2.45, 2.75) is 70.6 Å². The summed E-state index contributed by atoms with van der Waals surface area (Å²) in [5.41, 5.74) is -0.635. The fourth-order valence-electron chi connectivity index (χ4n) is 4.15. The highest BCUT2D eigenvalue weighted by atomic mass is 32.2. The number of amides is 1. The number of benzene rings is 1. The lowest BCUT2D eigenvalue weighted by Gasteiger charge is -2.42. The maximum Gasteiger partial charge on any atom is 0.434 e. The average Bonchev–Trinajstić information content (AvgIpc) is 3.37. The number of unbranched alkanes of at least 4 members (excludes halogenated alkanes) is 2. The van der Waals surface area contributed by atoms with E-state index in [2.05, 4.69) is 18.8 Å². The highest BCUT2D eigenvalue weighted by Gasteiger charge is 2.44. The smallest absolute Gasteiger partial charge is 0.390 e. The predicted octanol–water partition coefficient (Wildman–Crippen LogP) is 4.01. The van der Waals surface area contributed by atoms with Crippen LogP contribution in [0.3, 0.4) is 0 Å². The Balaban J connectivity index is 1.75. The minimum atomic E-state index is -4.22. The van der Waals surface area contributed by atoms with Crippen molar-refractivity contribution >= 4 is 22.0 Å². The first kappa shape index (κ1) is 30.7. The molecule has 2 heterocycles. The van der Waals surface area contributed by atoms with E-state index < -0.39 is 26.2 Å². The van der Waals surface area contributed by atoms with E-state index in [4.69, 9.17) is 13.7 Å². The molecular weight excluding hydrogens is 528 g/mol. The van der Waals surface area contributed by atoms with Gasteiger partial charge in [0, 0.05) is 18.7 Å². The molecule has 12 nitrogen and oxygen atoms in total. The van der Waals surface area contributed by atoms with Crippen molar-refractivity contribution in [3.05, 3.63) is 52.3 Å². The second kappa shape index (κ2) is 13.0. The molecule has 0 spiro atoms. The van der Waals surface area contributed by atoms with Gasteiger partial charge in [-0.25, -0.2) is 4.57 Å². The van der Waals surface area contributed by atoms with E-state index in [1.807, 2.05) is 0 Å². The number of imidazole rings is 1. The Bertz CT molecular complexity index is 1210. The zero-order valence-corrected chi connectivity index (χ0v) is 23.8. The third-order valence-electron chi connectivity index (χ3n) is 6.58. The Morgan fingerprint density at radius 3 is 2.26 bits per heavy atom. The molecule has 2 aromatic rings. The maximum atomic E-state index is 13.1. The lowest BCUT2D eigenvalue weighted by molar-refractivity contribution is -0.397. The van der Waals surface area contributed by atoms with Crippen molar-refractivity contribution in [3.63, 3.8) is 0 Å². The van der Waals surface area contributed by atoms with Crippen molar-refractivity contribution in [3.8, 4) is 0 Å². The molecule has 1 aromatic heterocycles. The van der Waals surface area contributed by atoms with E-state index in [0.717, 1.165) is 25.7 Å². The summed E-state index contributed by atoms with van der Waals surface area (Å²) in [5.74, 6) is -1.41. The van der Waals surface area contributed by atoms with Crippen molar-refractivity contribution in [1.82, 2.24) is 14.5 Å². The molecule has 3 rings (SSSR count). The van der Waals surface area contributed by atoms with Gasteiger partial charge in [-0.3, -0.25) is 8.98 Å². The van der Waals surface area contributed by atoms with Crippen LogP contribution in [0.2, 0.25) is 0 Å². The van der Waals surface area contributed by atoms with Crippen molar-refractivity contribution in [1.29, 1.82) is 0 Å². The SMILES string of the molecule is CCCCN(CCCC)C(=O)c1ccc(S(=O)(=O)OCC2(Cn3ccnc3[N+](=O)[O-])COC(C)(C)OC2)cc1. The quantitative estimate of drug-likeness (QED) is 0.188. The van der Waals surface area contributed by atoms with Crippen LogP contribution in [-0.2, 0) is 30.3 Å². The summed E-state index contributed by atoms with van der Waals surface area (Å²) in [6, 6.07) is 5.68. The Labute approximate surface area is 229 Å². The van der Waals surface area contributed by atoms with Gasteiger partial charge in [0.05, 0.1) is 36.7 Å². The van der Waals surface area contributed by atoms with Crippen LogP contribution in [0, 0.1) is 15.5 Å². The Kier molecular flexibility index (Phi) is 10.2. The Morgan fingerprint density at radius 2 is 1.72 bits per heavy atom. The number of ether oxygens (including phenoxy) is 2. The largest absolute Gasteiger partial charge is 0.434 e. The van der Waals surface area contributed by atoms with Gasteiger partial charge in [0.25, 0.3) is 16.0 Å². The average molecular weight is 567 g/mol. The van der Waals surface area contributed by atoms with Crippen molar-refractivity contribution in [2.24, 2.45) is 5.41 Å². The maximum absolute atomic E-state index is 13.1. The van der Waals surface area contributed by atoms with Crippen LogP contribution < -0.4 is 0 Å². The molecule has 0 radical (unpaired) electrons. The van der Waals surface area contributed by atoms with Gasteiger partial charge in [0.15, 0.2) is 5.79 Å². The van der Waals surface area contributed by atoms with E-state index in [1.165, 1.54) is 41.2 Å². The van der Waals surface area contributed by atoms with E-state index in [1.54, 1.807) is 18.7 Å². The van der Waals surface area contributed by atoms with E-state index in [9.17, 15) is 23.3 Å². The Morgan fingerprint density at radius 1 is 1.13 bits per heavy atom. The molecule has 1 aromatic carbocycles. The van der Waals surface area contributed by atoms with Crippen molar-refractivity contribution in [2.75, 3.05) is 32.9 Å². The fourth-order valence-corrected chi connectivity index (χ4v) is 5.16. The number of nitrogens with zero attached hydrogens (tertiary/aromatic N) is 4. The number of rotatable bonds is 14. The molecule has 1 amide bonds. The van der Waals surface area contributed by atoms with E-state index >= 15 is 0 Å². The summed E-state index contributed by atoms with van der Waals surface area (Å²) < 4.78 is 44.5. The monoisotopic (exact) mass is 566 g/mol. The minimum Gasteiger partial charge on any atom is -0.390 e. The van der Waals surface area contributed by atoms with E-state index in [-0.39, 0.29) is 43.1 Å². The molecule has 39 heavy (non-hydrogen) atoms. The lowest BCUT2D eigenvalue weighted by atomic mass is 9.89. The Hall–Kier alpha value is -2.87. The minimum absolute atomic E-state index is 0.00624. The van der Waals surface area contributed by atoms with Crippen LogP contribution in [0.15, 0.2) is 41.6 Å². The van der Waals surface area contributed by atoms with Crippen LogP contribution in [0.5, 0.6) is 0 Å². The first-order chi connectivity index (χ1) is 18.4. The summed E-state index contributed by atoms with van der Waals surface area (Å²) in [5, 5.41) is 11.4. The van der Waals surface area contributed by atoms with Gasteiger partial charge in [-0.1, -0.05) is 31.7 Å². The molecule has 0 atom stereocenters. The molecule has 1 aliphatic heterocycles. The molecule has 1 saturated heterocycles. The van der Waals surface area contributed by atoms with Gasteiger partial charge in [0.1, 0.15) is 12.4 Å². The first-order valence-electron chi connectivity index (χ1n) is 13.1. The third kappa shape index (κ3) is 8.07. The first-order valence-corrected chi connectivity index (χ1v) is 14.5. The number of aromatic nitrogens is 2. The molecular formula is C26H38N4O8S. The molecule has 0 N–H and O–H groups in total. The normalized spacial score (nSPS) is 16.6. The second-order valence-electron chi connectivity index (χ2n) is 10.3. The second-order valence-corrected chi connectivity index (χ2v) is 11.9. The summed E-state index contributed by atoms with van der Waals surface area (Å²) >= 11 is 0. The standard InChI is InChI=1S/C26H38N4O8S/c1-5-7-14-28(15-8-6-2)23(31)21-9-11-22(12-10-21)39(34,35)38-20-26(18-36-25(3,4)37-19-26)17-29-16-13-27-24(29)30(32)33/h9-13,16H,5-8,14-15,17-20H2,1-4H3. The van der Waals surface area contributed by atoms with Crippen LogP contribution >= 0.6 is 0 Å².